The number of hydrogen-bond acceptors (Lipinski definition) is 15. The van der Waals surface area contributed by atoms with Gasteiger partial charge in [-0.25, -0.2) is 9.13 Å². The molecule has 516 valence electrons. The van der Waals surface area contributed by atoms with E-state index in [0.29, 0.717) is 31.6 Å². The fourth-order valence-electron chi connectivity index (χ4n) is 10.2. The highest BCUT2D eigenvalue weighted by atomic mass is 31.2. The Labute approximate surface area is 530 Å². The zero-order valence-electron chi connectivity index (χ0n) is 56.5. The second kappa shape index (κ2) is 59.1. The number of carbonyl (C=O) groups excluding carboxylic acids is 4. The van der Waals surface area contributed by atoms with Crippen molar-refractivity contribution >= 4 is 39.5 Å². The Kier molecular flexibility index (Phi) is 57.8. The Morgan fingerprint density at radius 2 is 0.529 bits per heavy atom. The highest BCUT2D eigenvalue weighted by Crippen LogP contribution is 2.45. The topological polar surface area (TPSA) is 237 Å². The van der Waals surface area contributed by atoms with Crippen molar-refractivity contribution in [2.75, 3.05) is 39.6 Å². The smallest absolute Gasteiger partial charge is 0.462 e. The lowest BCUT2D eigenvalue weighted by atomic mass is 10.0. The molecule has 0 aliphatic heterocycles. The lowest BCUT2D eigenvalue weighted by Crippen LogP contribution is -2.30. The van der Waals surface area contributed by atoms with Gasteiger partial charge in [-0.15, -0.1) is 0 Å². The van der Waals surface area contributed by atoms with E-state index in [1.54, 1.807) is 0 Å². The summed E-state index contributed by atoms with van der Waals surface area (Å²) in [4.78, 5) is 72.4. The first-order chi connectivity index (χ1) is 41.7. The molecule has 19 heteroatoms. The normalized spacial score (nSPS) is 14.3. The summed E-state index contributed by atoms with van der Waals surface area (Å²) in [5, 5.41) is 10.6. The SMILES string of the molecule is CCCCCCCCCCCCC(=O)OC[C@H](COP(=O)(O)OC[C@H](O)COP(=O)(O)OC[C@@H](COC(=O)CCCCCCCCCCCC(C)C)OC(=O)CCCCCCCCCCCCCCC(C)C)OC(=O)CCCCCCCCCC(C)C. The highest BCUT2D eigenvalue weighted by molar-refractivity contribution is 7.47. The first-order valence-electron chi connectivity index (χ1n) is 35.3. The second-order valence-corrected chi connectivity index (χ2v) is 28.9. The highest BCUT2D eigenvalue weighted by Gasteiger charge is 2.30. The maximum atomic E-state index is 13.0. The number of aliphatic hydroxyl groups is 1. The number of aliphatic hydroxyl groups excluding tert-OH is 1. The molecule has 0 rings (SSSR count). The van der Waals surface area contributed by atoms with Gasteiger partial charge < -0.3 is 33.8 Å². The van der Waals surface area contributed by atoms with Gasteiger partial charge in [0.05, 0.1) is 26.4 Å². The summed E-state index contributed by atoms with van der Waals surface area (Å²) in [6, 6.07) is 0. The number of ether oxygens (including phenoxy) is 4. The molecule has 0 radical (unpaired) electrons. The molecular weight excluding hydrogens is 1150 g/mol. The maximum absolute atomic E-state index is 13.0. The van der Waals surface area contributed by atoms with E-state index in [-0.39, 0.29) is 25.7 Å². The first-order valence-corrected chi connectivity index (χ1v) is 38.3. The Hall–Kier alpha value is -1.94. The van der Waals surface area contributed by atoms with Gasteiger partial charge in [-0.05, 0) is 43.4 Å². The predicted molar refractivity (Wildman–Crippen MR) is 349 cm³/mol. The summed E-state index contributed by atoms with van der Waals surface area (Å²) in [7, 11) is -9.90. The van der Waals surface area contributed by atoms with Crippen LogP contribution in [0.25, 0.3) is 0 Å². The van der Waals surface area contributed by atoms with Crippen LogP contribution in [0, 0.1) is 17.8 Å². The molecule has 0 saturated heterocycles. The molecule has 0 heterocycles. The van der Waals surface area contributed by atoms with Crippen molar-refractivity contribution in [3.8, 4) is 0 Å². The summed E-state index contributed by atoms with van der Waals surface area (Å²) in [5.74, 6) is 0.0851. The van der Waals surface area contributed by atoms with Gasteiger partial charge >= 0.3 is 39.5 Å². The number of hydrogen-bond donors (Lipinski definition) is 3. The Morgan fingerprint density at radius 3 is 0.782 bits per heavy atom. The van der Waals surface area contributed by atoms with Crippen LogP contribution < -0.4 is 0 Å². The molecular formula is C68H132O17P2. The first kappa shape index (κ1) is 85.1. The molecule has 5 atom stereocenters. The number of esters is 4. The second-order valence-electron chi connectivity index (χ2n) is 26.0. The molecule has 0 aromatic heterocycles. The van der Waals surface area contributed by atoms with E-state index in [1.807, 2.05) is 0 Å². The molecule has 0 fully saturated rings. The van der Waals surface area contributed by atoms with Crippen LogP contribution in [0.4, 0.5) is 0 Å². The molecule has 17 nitrogen and oxygen atoms in total. The zero-order chi connectivity index (χ0) is 64.5. The van der Waals surface area contributed by atoms with E-state index in [1.165, 1.54) is 148 Å². The maximum Gasteiger partial charge on any atom is 0.472 e. The average Bonchev–Trinajstić information content (AvgIpc) is 3.60. The summed E-state index contributed by atoms with van der Waals surface area (Å²) < 4.78 is 68.2. The Bertz CT molecular complexity index is 1720. The van der Waals surface area contributed by atoms with Crippen molar-refractivity contribution < 1.29 is 80.2 Å². The van der Waals surface area contributed by atoms with Crippen LogP contribution in [-0.4, -0.2) is 96.7 Å². The lowest BCUT2D eigenvalue weighted by Gasteiger charge is -2.21. The van der Waals surface area contributed by atoms with Gasteiger partial charge in [0.15, 0.2) is 12.2 Å². The minimum absolute atomic E-state index is 0.103. The molecule has 0 aromatic carbocycles. The number of phosphoric acid groups is 2. The molecule has 0 spiro atoms. The van der Waals surface area contributed by atoms with Crippen LogP contribution in [0.3, 0.4) is 0 Å². The van der Waals surface area contributed by atoms with Crippen LogP contribution in [0.15, 0.2) is 0 Å². The molecule has 87 heavy (non-hydrogen) atoms. The standard InChI is InChI=1S/C68H132O17P2/c1-8-9-10-11-12-13-21-28-35-42-49-65(70)78-56-64(85-68(73)52-45-38-31-24-27-34-41-48-61(6)7)58-83-87(76,77)81-54-62(69)53-80-86(74,75)82-57-63(55-79-66(71)50-43-36-29-23-18-20-26-33-40-47-60(4)5)84-67(72)51-44-37-30-22-17-15-14-16-19-25-32-39-46-59(2)3/h59-64,69H,8-58H2,1-7H3,(H,74,75)(H,76,77)/t62-,63-,64-/m1/s1. The van der Waals surface area contributed by atoms with Gasteiger partial charge in [-0.3, -0.25) is 37.3 Å². The summed E-state index contributed by atoms with van der Waals surface area (Å²) in [5.41, 5.74) is 0. The van der Waals surface area contributed by atoms with Gasteiger partial charge in [0, 0.05) is 25.7 Å². The van der Waals surface area contributed by atoms with E-state index < -0.39 is 97.5 Å². The van der Waals surface area contributed by atoms with Crippen molar-refractivity contribution in [2.45, 2.75) is 356 Å². The molecule has 0 aromatic rings. The summed E-state index contributed by atoms with van der Waals surface area (Å²) in [6.07, 6.45) is 41.7. The van der Waals surface area contributed by atoms with E-state index in [2.05, 4.69) is 48.5 Å². The largest absolute Gasteiger partial charge is 0.472 e. The lowest BCUT2D eigenvalue weighted by molar-refractivity contribution is -0.161. The number of rotatable bonds is 66. The average molecular weight is 1280 g/mol. The van der Waals surface area contributed by atoms with Crippen molar-refractivity contribution in [2.24, 2.45) is 17.8 Å². The van der Waals surface area contributed by atoms with Gasteiger partial charge in [0.1, 0.15) is 19.3 Å². The van der Waals surface area contributed by atoms with Gasteiger partial charge in [0.25, 0.3) is 0 Å². The fourth-order valence-corrected chi connectivity index (χ4v) is 11.8. The quantitative estimate of drug-likeness (QED) is 0.0222. The van der Waals surface area contributed by atoms with Gasteiger partial charge in [0.2, 0.25) is 0 Å². The monoisotopic (exact) mass is 1280 g/mol. The van der Waals surface area contributed by atoms with Gasteiger partial charge in [-0.1, -0.05) is 286 Å². The third-order valence-corrected chi connectivity index (χ3v) is 17.5. The summed E-state index contributed by atoms with van der Waals surface area (Å²) in [6.45, 7) is 11.8. The Balaban J connectivity index is 5.24. The van der Waals surface area contributed by atoms with Crippen LogP contribution >= 0.6 is 15.6 Å². The molecule has 0 bridgehead atoms. The van der Waals surface area contributed by atoms with Crippen molar-refractivity contribution in [1.82, 2.24) is 0 Å². The third kappa shape index (κ3) is 62.6. The van der Waals surface area contributed by atoms with E-state index >= 15 is 0 Å². The summed E-state index contributed by atoms with van der Waals surface area (Å²) >= 11 is 0. The minimum atomic E-state index is -4.95. The minimum Gasteiger partial charge on any atom is -0.462 e. The Morgan fingerprint density at radius 1 is 0.310 bits per heavy atom. The number of unbranched alkanes of at least 4 members (excludes halogenated alkanes) is 34. The van der Waals surface area contributed by atoms with Crippen LogP contribution in [0.2, 0.25) is 0 Å². The van der Waals surface area contributed by atoms with Gasteiger partial charge in [-0.2, -0.15) is 0 Å². The van der Waals surface area contributed by atoms with Crippen LogP contribution in [0.1, 0.15) is 337 Å². The van der Waals surface area contributed by atoms with E-state index in [9.17, 15) is 43.2 Å². The number of carbonyl (C=O) groups is 4. The van der Waals surface area contributed by atoms with Crippen molar-refractivity contribution in [1.29, 1.82) is 0 Å². The molecule has 0 aliphatic carbocycles. The molecule has 0 aliphatic rings. The van der Waals surface area contributed by atoms with E-state index in [4.69, 9.17) is 37.0 Å². The molecule has 0 saturated carbocycles. The fraction of sp³-hybridized carbons (Fsp3) is 0.941. The predicted octanol–water partition coefficient (Wildman–Crippen LogP) is 19.1. The zero-order valence-corrected chi connectivity index (χ0v) is 58.3. The molecule has 3 N–H and O–H groups in total. The third-order valence-electron chi connectivity index (χ3n) is 15.6. The van der Waals surface area contributed by atoms with E-state index in [0.717, 1.165) is 102 Å². The molecule has 0 amide bonds. The van der Waals surface area contributed by atoms with Crippen molar-refractivity contribution in [3.63, 3.8) is 0 Å². The molecule has 2 unspecified atom stereocenters. The number of phosphoric ester groups is 2. The van der Waals surface area contributed by atoms with Crippen LogP contribution in [-0.2, 0) is 65.4 Å². The van der Waals surface area contributed by atoms with Crippen molar-refractivity contribution in [3.05, 3.63) is 0 Å². The van der Waals surface area contributed by atoms with Crippen LogP contribution in [0.5, 0.6) is 0 Å².